The average Bonchev–Trinajstić information content (AvgIpc) is 2.56. The lowest BCUT2D eigenvalue weighted by molar-refractivity contribution is 0.171. The minimum Gasteiger partial charge on any atom is -0.486 e. The van der Waals surface area contributed by atoms with Gasteiger partial charge in [-0.15, -0.1) is 0 Å². The van der Waals surface area contributed by atoms with Gasteiger partial charge < -0.3 is 9.47 Å². The number of anilines is 1. The van der Waals surface area contributed by atoms with Crippen molar-refractivity contribution in [3.05, 3.63) is 47.0 Å². The van der Waals surface area contributed by atoms with E-state index in [1.807, 2.05) is 12.1 Å². The summed E-state index contributed by atoms with van der Waals surface area (Å²) in [6, 6.07) is 9.93. The first-order valence-electron chi connectivity index (χ1n) is 7.70. The van der Waals surface area contributed by atoms with Crippen molar-refractivity contribution in [2.24, 2.45) is 0 Å². The van der Waals surface area contributed by atoms with Crippen LogP contribution in [0.25, 0.3) is 0 Å². The van der Waals surface area contributed by atoms with Gasteiger partial charge in [-0.25, -0.2) is 8.42 Å². The summed E-state index contributed by atoms with van der Waals surface area (Å²) >= 11 is 6.16. The molecular formula is C17H18ClNO4S. The maximum atomic E-state index is 12.5. The van der Waals surface area contributed by atoms with Gasteiger partial charge in [0.2, 0.25) is 0 Å². The van der Waals surface area contributed by atoms with Crippen molar-refractivity contribution in [3.63, 3.8) is 0 Å². The lowest BCUT2D eigenvalue weighted by atomic mass is 10.1. The van der Waals surface area contributed by atoms with Gasteiger partial charge in [-0.2, -0.15) is 0 Å². The lowest BCUT2D eigenvalue weighted by Crippen LogP contribution is -2.17. The number of hydrogen-bond acceptors (Lipinski definition) is 4. The van der Waals surface area contributed by atoms with E-state index in [1.54, 1.807) is 24.3 Å². The van der Waals surface area contributed by atoms with Gasteiger partial charge >= 0.3 is 0 Å². The van der Waals surface area contributed by atoms with E-state index in [9.17, 15) is 8.42 Å². The molecule has 0 atom stereocenters. The first-order valence-corrected chi connectivity index (χ1v) is 9.56. The second kappa shape index (κ2) is 6.91. The summed E-state index contributed by atoms with van der Waals surface area (Å²) in [6.07, 6.45) is 1.93. The molecule has 0 aliphatic carbocycles. The van der Waals surface area contributed by atoms with E-state index in [0.717, 1.165) is 18.4 Å². The van der Waals surface area contributed by atoms with Crippen LogP contribution in [0.3, 0.4) is 0 Å². The molecule has 1 N–H and O–H groups in total. The Morgan fingerprint density at radius 2 is 1.71 bits per heavy atom. The minimum absolute atomic E-state index is 0.188. The second-order valence-corrected chi connectivity index (χ2v) is 7.56. The van der Waals surface area contributed by atoms with E-state index in [4.69, 9.17) is 21.1 Å². The van der Waals surface area contributed by atoms with Gasteiger partial charge in [-0.1, -0.05) is 37.1 Å². The van der Waals surface area contributed by atoms with Crippen molar-refractivity contribution in [2.45, 2.75) is 24.7 Å². The largest absolute Gasteiger partial charge is 0.486 e. The summed E-state index contributed by atoms with van der Waals surface area (Å²) in [4.78, 5) is 0.188. The number of aryl methyl sites for hydroxylation is 1. The highest BCUT2D eigenvalue weighted by molar-refractivity contribution is 7.92. The Balaban J connectivity index is 1.86. The molecule has 2 aromatic rings. The highest BCUT2D eigenvalue weighted by atomic mass is 35.5. The highest BCUT2D eigenvalue weighted by Crippen LogP contribution is 2.38. The summed E-state index contributed by atoms with van der Waals surface area (Å²) in [5, 5.41) is 0.255. The molecular weight excluding hydrogens is 350 g/mol. The normalized spacial score (nSPS) is 13.6. The van der Waals surface area contributed by atoms with Crippen LogP contribution in [0.1, 0.15) is 18.9 Å². The summed E-state index contributed by atoms with van der Waals surface area (Å²) < 4.78 is 38.5. The third-order valence-corrected chi connectivity index (χ3v) is 5.34. The van der Waals surface area contributed by atoms with E-state index in [0.29, 0.717) is 24.7 Å². The fraction of sp³-hybridized carbons (Fsp3) is 0.294. The Hall–Kier alpha value is -1.92. The third-order valence-electron chi connectivity index (χ3n) is 3.65. The van der Waals surface area contributed by atoms with Crippen LogP contribution in [0.15, 0.2) is 41.3 Å². The first-order chi connectivity index (χ1) is 11.5. The highest BCUT2D eigenvalue weighted by Gasteiger charge is 2.20. The van der Waals surface area contributed by atoms with Crippen molar-refractivity contribution < 1.29 is 17.9 Å². The molecule has 0 saturated heterocycles. The van der Waals surface area contributed by atoms with Crippen LogP contribution in [0.2, 0.25) is 5.02 Å². The zero-order valence-corrected chi connectivity index (χ0v) is 14.8. The van der Waals surface area contributed by atoms with Crippen LogP contribution in [-0.2, 0) is 16.4 Å². The van der Waals surface area contributed by atoms with Crippen molar-refractivity contribution in [3.8, 4) is 11.5 Å². The Bertz CT molecular complexity index is 834. The zero-order valence-electron chi connectivity index (χ0n) is 13.2. The van der Waals surface area contributed by atoms with Crippen molar-refractivity contribution in [1.82, 2.24) is 0 Å². The SMILES string of the molecule is CCCc1ccc(S(=O)(=O)Nc2cc3c(cc2Cl)OCCO3)cc1. The quantitative estimate of drug-likeness (QED) is 0.871. The number of halogens is 1. The molecule has 3 rings (SSSR count). The number of nitrogens with one attached hydrogen (secondary N) is 1. The number of rotatable bonds is 5. The molecule has 1 heterocycles. The molecule has 0 amide bonds. The van der Waals surface area contributed by atoms with E-state index in [-0.39, 0.29) is 15.6 Å². The summed E-state index contributed by atoms with van der Waals surface area (Å²) in [6.45, 7) is 2.94. The molecule has 0 spiro atoms. The van der Waals surface area contributed by atoms with E-state index in [1.165, 1.54) is 0 Å². The first kappa shape index (κ1) is 16.9. The smallest absolute Gasteiger partial charge is 0.261 e. The number of sulfonamides is 1. The van der Waals surface area contributed by atoms with Gasteiger partial charge in [0.25, 0.3) is 10.0 Å². The van der Waals surface area contributed by atoms with Gasteiger partial charge in [0.15, 0.2) is 11.5 Å². The van der Waals surface area contributed by atoms with Crippen molar-refractivity contribution in [2.75, 3.05) is 17.9 Å². The number of fused-ring (bicyclic) bond motifs is 1. The monoisotopic (exact) mass is 367 g/mol. The standard InChI is InChI=1S/C17H18ClNO4S/c1-2-3-12-4-6-13(7-5-12)24(20,21)19-15-11-17-16(10-14(15)18)22-8-9-23-17/h4-7,10-11,19H,2-3,8-9H2,1H3. The second-order valence-electron chi connectivity index (χ2n) is 5.48. The predicted octanol–water partition coefficient (Wildman–Crippen LogP) is 3.86. The van der Waals surface area contributed by atoms with Gasteiger partial charge in [0, 0.05) is 12.1 Å². The molecule has 0 aromatic heterocycles. The Kier molecular flexibility index (Phi) is 4.87. The average molecular weight is 368 g/mol. The molecule has 2 aromatic carbocycles. The molecule has 0 saturated carbocycles. The van der Waals surface area contributed by atoms with Crippen LogP contribution in [0, 0.1) is 0 Å². The van der Waals surface area contributed by atoms with Crippen LogP contribution in [-0.4, -0.2) is 21.6 Å². The lowest BCUT2D eigenvalue weighted by Gasteiger charge is -2.20. The molecule has 5 nitrogen and oxygen atoms in total. The summed E-state index contributed by atoms with van der Waals surface area (Å²) in [5.74, 6) is 0.986. The molecule has 0 radical (unpaired) electrons. The van der Waals surface area contributed by atoms with E-state index < -0.39 is 10.0 Å². The van der Waals surface area contributed by atoms with Gasteiger partial charge in [-0.05, 0) is 24.1 Å². The van der Waals surface area contributed by atoms with Gasteiger partial charge in [0.05, 0.1) is 15.6 Å². The van der Waals surface area contributed by atoms with Crippen molar-refractivity contribution >= 4 is 27.3 Å². The predicted molar refractivity (Wildman–Crippen MR) is 93.7 cm³/mol. The maximum absolute atomic E-state index is 12.5. The van der Waals surface area contributed by atoms with Crippen LogP contribution >= 0.6 is 11.6 Å². The maximum Gasteiger partial charge on any atom is 0.261 e. The topological polar surface area (TPSA) is 64.6 Å². The zero-order chi connectivity index (χ0) is 17.2. The van der Waals surface area contributed by atoms with Crippen molar-refractivity contribution in [1.29, 1.82) is 0 Å². The Labute approximate surface area is 146 Å². The van der Waals surface area contributed by atoms with Crippen LogP contribution < -0.4 is 14.2 Å². The summed E-state index contributed by atoms with van der Waals surface area (Å²) in [7, 11) is -3.72. The molecule has 7 heteroatoms. The molecule has 128 valence electrons. The Morgan fingerprint density at radius 1 is 1.08 bits per heavy atom. The fourth-order valence-electron chi connectivity index (χ4n) is 2.47. The number of hydrogen-bond donors (Lipinski definition) is 1. The third kappa shape index (κ3) is 3.60. The van der Waals surface area contributed by atoms with Crippen LogP contribution in [0.4, 0.5) is 5.69 Å². The summed E-state index contributed by atoms with van der Waals surface area (Å²) in [5.41, 5.74) is 1.37. The molecule has 0 unspecified atom stereocenters. The molecule has 0 fully saturated rings. The molecule has 24 heavy (non-hydrogen) atoms. The Morgan fingerprint density at radius 3 is 2.33 bits per heavy atom. The van der Waals surface area contributed by atoms with E-state index in [2.05, 4.69) is 11.6 Å². The number of benzene rings is 2. The number of ether oxygens (including phenoxy) is 2. The van der Waals surface area contributed by atoms with Gasteiger partial charge in [-0.3, -0.25) is 4.72 Å². The molecule has 0 bridgehead atoms. The van der Waals surface area contributed by atoms with Gasteiger partial charge in [0.1, 0.15) is 13.2 Å². The molecule has 1 aliphatic rings. The van der Waals surface area contributed by atoms with Crippen LogP contribution in [0.5, 0.6) is 11.5 Å². The fourth-order valence-corrected chi connectivity index (χ4v) is 3.80. The van der Waals surface area contributed by atoms with E-state index >= 15 is 0 Å². The molecule has 1 aliphatic heterocycles. The minimum atomic E-state index is -3.72.